The fraction of sp³-hybridized carbons (Fsp3) is 1.00. The van der Waals surface area contributed by atoms with E-state index in [-0.39, 0.29) is 0 Å². The van der Waals surface area contributed by atoms with Gasteiger partial charge in [-0.3, -0.25) is 4.90 Å². The molecular weight excluding hydrogens is 220 g/mol. The smallest absolute Gasteiger partial charge is 0.0303 e. The molecule has 1 aliphatic heterocycles. The standard InChI is InChI=1S/C16H34N2/c1-5-7-8-9-10-11-12-18-13-15(3)17-14-16(18,4)6-2/h15,17H,5-14H2,1-4H3. The number of hydrogen-bond donors (Lipinski definition) is 1. The summed E-state index contributed by atoms with van der Waals surface area (Å²) in [6, 6.07) is 0.657. The Kier molecular flexibility index (Phi) is 7.25. The summed E-state index contributed by atoms with van der Waals surface area (Å²) in [4.78, 5) is 2.73. The zero-order valence-electron chi connectivity index (χ0n) is 13.1. The van der Waals surface area contributed by atoms with E-state index < -0.39 is 0 Å². The van der Waals surface area contributed by atoms with Crippen molar-refractivity contribution in [3.63, 3.8) is 0 Å². The first-order chi connectivity index (χ1) is 8.62. The lowest BCUT2D eigenvalue weighted by atomic mass is 9.92. The Bertz CT molecular complexity index is 217. The molecule has 1 fully saturated rings. The Hall–Kier alpha value is -0.0800. The number of hydrogen-bond acceptors (Lipinski definition) is 2. The minimum atomic E-state index is 0.385. The molecule has 0 saturated carbocycles. The van der Waals surface area contributed by atoms with Crippen LogP contribution in [0.4, 0.5) is 0 Å². The lowest BCUT2D eigenvalue weighted by molar-refractivity contribution is 0.0510. The minimum absolute atomic E-state index is 0.385. The highest BCUT2D eigenvalue weighted by Crippen LogP contribution is 2.23. The molecular formula is C16H34N2. The predicted octanol–water partition coefficient (Wildman–Crippen LogP) is 3.81. The number of rotatable bonds is 8. The van der Waals surface area contributed by atoms with Crippen LogP contribution < -0.4 is 5.32 Å². The van der Waals surface area contributed by atoms with Gasteiger partial charge in [0.25, 0.3) is 0 Å². The second-order valence-electron chi connectivity index (χ2n) is 6.35. The number of nitrogens with zero attached hydrogens (tertiary/aromatic N) is 1. The van der Waals surface area contributed by atoms with E-state index in [0.29, 0.717) is 11.6 Å². The summed E-state index contributed by atoms with van der Waals surface area (Å²) in [6.45, 7) is 13.0. The van der Waals surface area contributed by atoms with Gasteiger partial charge in [0.1, 0.15) is 0 Å². The number of unbranched alkanes of at least 4 members (excludes halogenated alkanes) is 5. The van der Waals surface area contributed by atoms with Gasteiger partial charge in [0.2, 0.25) is 0 Å². The molecule has 0 aliphatic carbocycles. The highest BCUT2D eigenvalue weighted by Gasteiger charge is 2.34. The molecule has 1 heterocycles. The molecule has 108 valence electrons. The van der Waals surface area contributed by atoms with E-state index in [9.17, 15) is 0 Å². The molecule has 1 rings (SSSR count). The van der Waals surface area contributed by atoms with Gasteiger partial charge >= 0.3 is 0 Å². The average Bonchev–Trinajstić information content (AvgIpc) is 2.38. The normalized spacial score (nSPS) is 29.7. The monoisotopic (exact) mass is 254 g/mol. The third-order valence-electron chi connectivity index (χ3n) is 4.63. The molecule has 0 aromatic heterocycles. The molecule has 0 aromatic carbocycles. The topological polar surface area (TPSA) is 15.3 Å². The van der Waals surface area contributed by atoms with E-state index >= 15 is 0 Å². The SMILES string of the molecule is CCCCCCCCN1CC(C)NCC1(C)CC. The van der Waals surface area contributed by atoms with E-state index in [1.165, 1.54) is 58.0 Å². The van der Waals surface area contributed by atoms with Crippen LogP contribution in [-0.4, -0.2) is 36.1 Å². The maximum Gasteiger partial charge on any atom is 0.0303 e. The first-order valence-electron chi connectivity index (χ1n) is 8.11. The molecule has 2 unspecified atom stereocenters. The first-order valence-corrected chi connectivity index (χ1v) is 8.11. The molecule has 0 amide bonds. The van der Waals surface area contributed by atoms with Crippen LogP contribution >= 0.6 is 0 Å². The second kappa shape index (κ2) is 8.16. The van der Waals surface area contributed by atoms with Crippen molar-refractivity contribution < 1.29 is 0 Å². The van der Waals surface area contributed by atoms with Crippen LogP contribution in [0.3, 0.4) is 0 Å². The van der Waals surface area contributed by atoms with Crippen molar-refractivity contribution >= 4 is 0 Å². The summed E-state index contributed by atoms with van der Waals surface area (Å²) < 4.78 is 0. The molecule has 0 bridgehead atoms. The van der Waals surface area contributed by atoms with Crippen molar-refractivity contribution in [1.29, 1.82) is 0 Å². The summed E-state index contributed by atoms with van der Waals surface area (Å²) in [7, 11) is 0. The van der Waals surface area contributed by atoms with Crippen molar-refractivity contribution in [3.05, 3.63) is 0 Å². The Labute approximate surface area is 115 Å². The van der Waals surface area contributed by atoms with E-state index in [1.807, 2.05) is 0 Å². The fourth-order valence-electron chi connectivity index (χ4n) is 2.91. The van der Waals surface area contributed by atoms with Gasteiger partial charge in [0.15, 0.2) is 0 Å². The lowest BCUT2D eigenvalue weighted by Gasteiger charge is -2.47. The van der Waals surface area contributed by atoms with Gasteiger partial charge in [-0.25, -0.2) is 0 Å². The van der Waals surface area contributed by atoms with Crippen molar-refractivity contribution in [2.45, 2.75) is 84.2 Å². The predicted molar refractivity (Wildman–Crippen MR) is 81.1 cm³/mol. The molecule has 0 radical (unpaired) electrons. The molecule has 0 spiro atoms. The zero-order chi connectivity index (χ0) is 13.4. The largest absolute Gasteiger partial charge is 0.311 e. The van der Waals surface area contributed by atoms with Gasteiger partial charge in [-0.15, -0.1) is 0 Å². The summed E-state index contributed by atoms with van der Waals surface area (Å²) in [5, 5.41) is 3.63. The third-order valence-corrected chi connectivity index (χ3v) is 4.63. The van der Waals surface area contributed by atoms with E-state index in [2.05, 4.69) is 37.9 Å². The number of piperazine rings is 1. The van der Waals surface area contributed by atoms with Gasteiger partial charge in [0, 0.05) is 24.7 Å². The van der Waals surface area contributed by atoms with E-state index in [1.54, 1.807) is 0 Å². The van der Waals surface area contributed by atoms with Crippen LogP contribution in [0.5, 0.6) is 0 Å². The number of nitrogens with one attached hydrogen (secondary N) is 1. The van der Waals surface area contributed by atoms with Crippen LogP contribution in [0.1, 0.15) is 72.6 Å². The van der Waals surface area contributed by atoms with Gasteiger partial charge < -0.3 is 5.32 Å². The van der Waals surface area contributed by atoms with Crippen LogP contribution in [0, 0.1) is 0 Å². The van der Waals surface area contributed by atoms with Gasteiger partial charge in [-0.05, 0) is 33.2 Å². The van der Waals surface area contributed by atoms with E-state index in [4.69, 9.17) is 0 Å². The van der Waals surface area contributed by atoms with Crippen LogP contribution in [0.25, 0.3) is 0 Å². The molecule has 18 heavy (non-hydrogen) atoms. The second-order valence-corrected chi connectivity index (χ2v) is 6.35. The first kappa shape index (κ1) is 16.0. The third kappa shape index (κ3) is 4.89. The minimum Gasteiger partial charge on any atom is -0.311 e. The van der Waals surface area contributed by atoms with Gasteiger partial charge in [0.05, 0.1) is 0 Å². The Morgan fingerprint density at radius 1 is 1.11 bits per heavy atom. The van der Waals surface area contributed by atoms with Crippen molar-refractivity contribution in [1.82, 2.24) is 10.2 Å². The van der Waals surface area contributed by atoms with Crippen molar-refractivity contribution in [3.8, 4) is 0 Å². The van der Waals surface area contributed by atoms with Crippen molar-refractivity contribution in [2.24, 2.45) is 0 Å². The van der Waals surface area contributed by atoms with Gasteiger partial charge in [-0.1, -0.05) is 46.0 Å². The summed E-state index contributed by atoms with van der Waals surface area (Å²) in [5.41, 5.74) is 0.385. The van der Waals surface area contributed by atoms with Crippen molar-refractivity contribution in [2.75, 3.05) is 19.6 Å². The molecule has 2 atom stereocenters. The van der Waals surface area contributed by atoms with Gasteiger partial charge in [-0.2, -0.15) is 0 Å². The maximum absolute atomic E-state index is 3.63. The average molecular weight is 254 g/mol. The molecule has 2 nitrogen and oxygen atoms in total. The quantitative estimate of drug-likeness (QED) is 0.663. The maximum atomic E-state index is 3.63. The Morgan fingerprint density at radius 3 is 2.44 bits per heavy atom. The van der Waals surface area contributed by atoms with E-state index in [0.717, 1.165) is 6.54 Å². The Morgan fingerprint density at radius 2 is 1.78 bits per heavy atom. The molecule has 0 aromatic rings. The van der Waals surface area contributed by atoms with Crippen LogP contribution in [0.2, 0.25) is 0 Å². The zero-order valence-corrected chi connectivity index (χ0v) is 13.1. The fourth-order valence-corrected chi connectivity index (χ4v) is 2.91. The highest BCUT2D eigenvalue weighted by atomic mass is 15.3. The van der Waals surface area contributed by atoms with Crippen LogP contribution in [0.15, 0.2) is 0 Å². The summed E-state index contributed by atoms with van der Waals surface area (Å²) >= 11 is 0. The highest BCUT2D eigenvalue weighted by molar-refractivity contribution is 4.93. The lowest BCUT2D eigenvalue weighted by Crippen LogP contribution is -2.62. The molecule has 1 N–H and O–H groups in total. The summed E-state index contributed by atoms with van der Waals surface area (Å²) in [6.07, 6.45) is 9.67. The molecule has 2 heteroatoms. The Balaban J connectivity index is 2.24. The molecule has 1 saturated heterocycles. The van der Waals surface area contributed by atoms with Crippen LogP contribution in [-0.2, 0) is 0 Å². The molecule has 1 aliphatic rings. The summed E-state index contributed by atoms with van der Waals surface area (Å²) in [5.74, 6) is 0.